The molecule has 0 unspecified atom stereocenters. The first-order valence-corrected chi connectivity index (χ1v) is 10.8. The molecule has 1 N–H and O–H groups in total. The van der Waals surface area contributed by atoms with E-state index in [9.17, 15) is 14.9 Å². The molecule has 0 aliphatic carbocycles. The van der Waals surface area contributed by atoms with Gasteiger partial charge in [-0.15, -0.1) is 11.3 Å². The maximum absolute atomic E-state index is 12.7. The minimum Gasteiger partial charge on any atom is -0.350 e. The molecule has 4 rings (SSSR count). The molecule has 1 atom stereocenters. The van der Waals surface area contributed by atoms with Crippen molar-refractivity contribution in [3.05, 3.63) is 96.7 Å². The Labute approximate surface area is 183 Å². The number of hydrogen-bond donors (Lipinski definition) is 1. The average molecular weight is 442 g/mol. The normalized spacial score (nSPS) is 14.7. The lowest BCUT2D eigenvalue weighted by Gasteiger charge is -2.35. The van der Waals surface area contributed by atoms with E-state index in [-0.39, 0.29) is 28.2 Å². The second-order valence-electron chi connectivity index (χ2n) is 7.15. The van der Waals surface area contributed by atoms with Crippen LogP contribution in [0.15, 0.2) is 60.0 Å². The Morgan fingerprint density at radius 1 is 1.20 bits per heavy atom. The van der Waals surface area contributed by atoms with Crippen molar-refractivity contribution in [2.45, 2.75) is 19.0 Å². The van der Waals surface area contributed by atoms with E-state index in [2.05, 4.69) is 40.5 Å². The average Bonchev–Trinajstić information content (AvgIpc) is 3.28. The van der Waals surface area contributed by atoms with Gasteiger partial charge in [0.1, 0.15) is 5.02 Å². The van der Waals surface area contributed by atoms with Gasteiger partial charge in [-0.2, -0.15) is 0 Å². The topological polar surface area (TPSA) is 75.5 Å². The first-order chi connectivity index (χ1) is 14.5. The standard InChI is InChI=1S/C22H20ClN3O3S/c23-18-8-7-16(12-19(18)26(28)29)22(27)24-13-20(21-6-3-11-30-21)25-10-9-15-4-1-2-5-17(15)14-25/h1-8,11-12,20H,9-10,13-14H2,(H,24,27)/t20-/m1/s1. The van der Waals surface area contributed by atoms with Gasteiger partial charge in [-0.25, -0.2) is 0 Å². The molecule has 0 spiro atoms. The first-order valence-electron chi connectivity index (χ1n) is 9.59. The molecule has 30 heavy (non-hydrogen) atoms. The van der Waals surface area contributed by atoms with E-state index in [1.54, 1.807) is 11.3 Å². The van der Waals surface area contributed by atoms with Gasteiger partial charge in [0.25, 0.3) is 11.6 Å². The molecular formula is C22H20ClN3O3S. The number of nitro groups is 1. The highest BCUT2D eigenvalue weighted by molar-refractivity contribution is 7.10. The lowest BCUT2D eigenvalue weighted by Crippen LogP contribution is -2.40. The van der Waals surface area contributed by atoms with Crippen LogP contribution in [0.3, 0.4) is 0 Å². The summed E-state index contributed by atoms with van der Waals surface area (Å²) >= 11 is 7.52. The van der Waals surface area contributed by atoms with Gasteiger partial charge in [0.2, 0.25) is 0 Å². The second-order valence-corrected chi connectivity index (χ2v) is 8.54. The second kappa shape index (κ2) is 8.95. The van der Waals surface area contributed by atoms with E-state index in [1.807, 2.05) is 11.4 Å². The molecule has 1 aromatic heterocycles. The third kappa shape index (κ3) is 4.38. The summed E-state index contributed by atoms with van der Waals surface area (Å²) in [6.45, 7) is 2.14. The number of nitrogens with zero attached hydrogens (tertiary/aromatic N) is 2. The van der Waals surface area contributed by atoms with E-state index in [0.717, 1.165) is 19.5 Å². The molecule has 0 fully saturated rings. The lowest BCUT2D eigenvalue weighted by molar-refractivity contribution is -0.384. The Bertz CT molecular complexity index is 1070. The van der Waals surface area contributed by atoms with Gasteiger partial charge in [-0.1, -0.05) is 41.9 Å². The van der Waals surface area contributed by atoms with Crippen LogP contribution in [0, 0.1) is 10.1 Å². The van der Waals surface area contributed by atoms with Gasteiger partial charge in [0.05, 0.1) is 11.0 Å². The minimum absolute atomic E-state index is 0.0139. The SMILES string of the molecule is O=C(NC[C@H](c1cccs1)N1CCc2ccccc2C1)c1ccc(Cl)c([N+](=O)[O-])c1. The van der Waals surface area contributed by atoms with Crippen LogP contribution in [-0.2, 0) is 13.0 Å². The van der Waals surface area contributed by atoms with E-state index < -0.39 is 4.92 Å². The van der Waals surface area contributed by atoms with Crippen molar-refractivity contribution >= 4 is 34.5 Å². The Hall–Kier alpha value is -2.74. The smallest absolute Gasteiger partial charge is 0.288 e. The van der Waals surface area contributed by atoms with Crippen LogP contribution in [0.2, 0.25) is 5.02 Å². The van der Waals surface area contributed by atoms with Crippen molar-refractivity contribution in [2.24, 2.45) is 0 Å². The number of carbonyl (C=O) groups is 1. The number of nitro benzene ring substituents is 1. The summed E-state index contributed by atoms with van der Waals surface area (Å²) in [5.74, 6) is -0.353. The fourth-order valence-electron chi connectivity index (χ4n) is 3.76. The quantitative estimate of drug-likeness (QED) is 0.438. The van der Waals surface area contributed by atoms with Gasteiger partial charge < -0.3 is 5.32 Å². The number of thiophene rings is 1. The van der Waals surface area contributed by atoms with Gasteiger partial charge in [-0.05, 0) is 41.1 Å². The Morgan fingerprint density at radius 3 is 2.73 bits per heavy atom. The van der Waals surface area contributed by atoms with Crippen molar-refractivity contribution in [1.82, 2.24) is 10.2 Å². The number of hydrogen-bond acceptors (Lipinski definition) is 5. The maximum Gasteiger partial charge on any atom is 0.288 e. The van der Waals surface area contributed by atoms with Crippen LogP contribution in [0.5, 0.6) is 0 Å². The Balaban J connectivity index is 1.51. The molecule has 154 valence electrons. The molecular weight excluding hydrogens is 422 g/mol. The third-order valence-electron chi connectivity index (χ3n) is 5.33. The summed E-state index contributed by atoms with van der Waals surface area (Å²) in [7, 11) is 0. The largest absolute Gasteiger partial charge is 0.350 e. The van der Waals surface area contributed by atoms with Crippen LogP contribution in [0.4, 0.5) is 5.69 Å². The fraction of sp³-hybridized carbons (Fsp3) is 0.227. The predicted molar refractivity (Wildman–Crippen MR) is 118 cm³/mol. The molecule has 1 aliphatic heterocycles. The van der Waals surface area contributed by atoms with E-state index in [1.165, 1.54) is 34.2 Å². The number of rotatable bonds is 6. The molecule has 2 heterocycles. The van der Waals surface area contributed by atoms with Crippen molar-refractivity contribution in [2.75, 3.05) is 13.1 Å². The molecule has 3 aromatic rings. The summed E-state index contributed by atoms with van der Waals surface area (Å²) in [4.78, 5) is 26.8. The zero-order chi connectivity index (χ0) is 21.1. The van der Waals surface area contributed by atoms with E-state index >= 15 is 0 Å². The summed E-state index contributed by atoms with van der Waals surface area (Å²) in [6, 6.07) is 16.7. The monoisotopic (exact) mass is 441 g/mol. The van der Waals surface area contributed by atoms with Gasteiger partial charge in [-0.3, -0.25) is 19.8 Å². The van der Waals surface area contributed by atoms with Crippen molar-refractivity contribution in [3.8, 4) is 0 Å². The molecule has 0 radical (unpaired) electrons. The van der Waals surface area contributed by atoms with Crippen LogP contribution in [-0.4, -0.2) is 28.8 Å². The Kier molecular flexibility index (Phi) is 6.13. The summed E-state index contributed by atoms with van der Waals surface area (Å²) in [5, 5.41) is 16.1. The number of halogens is 1. The van der Waals surface area contributed by atoms with Gasteiger partial charge >= 0.3 is 0 Å². The van der Waals surface area contributed by atoms with E-state index in [4.69, 9.17) is 11.6 Å². The Morgan fingerprint density at radius 2 is 2.00 bits per heavy atom. The van der Waals surface area contributed by atoms with Gasteiger partial charge in [0, 0.05) is 36.1 Å². The number of amides is 1. The number of carbonyl (C=O) groups excluding carboxylic acids is 1. The third-order valence-corrected chi connectivity index (χ3v) is 6.63. The summed E-state index contributed by atoms with van der Waals surface area (Å²) in [5.41, 5.74) is 2.63. The predicted octanol–water partition coefficient (Wildman–Crippen LogP) is 4.84. The fourth-order valence-corrected chi connectivity index (χ4v) is 4.81. The highest BCUT2D eigenvalue weighted by Gasteiger charge is 2.26. The van der Waals surface area contributed by atoms with Crippen molar-refractivity contribution in [3.63, 3.8) is 0 Å². The number of nitrogens with one attached hydrogen (secondary N) is 1. The van der Waals surface area contributed by atoms with Crippen LogP contribution >= 0.6 is 22.9 Å². The zero-order valence-corrected chi connectivity index (χ0v) is 17.7. The molecule has 1 aliphatic rings. The first kappa shape index (κ1) is 20.5. The molecule has 6 nitrogen and oxygen atoms in total. The number of benzene rings is 2. The van der Waals surface area contributed by atoms with Crippen LogP contribution < -0.4 is 5.32 Å². The maximum atomic E-state index is 12.7. The van der Waals surface area contributed by atoms with Crippen molar-refractivity contribution in [1.29, 1.82) is 0 Å². The minimum atomic E-state index is -0.585. The summed E-state index contributed by atoms with van der Waals surface area (Å²) < 4.78 is 0. The highest BCUT2D eigenvalue weighted by Crippen LogP contribution is 2.30. The highest BCUT2D eigenvalue weighted by atomic mass is 35.5. The lowest BCUT2D eigenvalue weighted by atomic mass is 9.98. The number of fused-ring (bicyclic) bond motifs is 1. The van der Waals surface area contributed by atoms with Crippen LogP contribution in [0.1, 0.15) is 32.4 Å². The molecule has 0 saturated heterocycles. The van der Waals surface area contributed by atoms with Gasteiger partial charge in [0.15, 0.2) is 0 Å². The van der Waals surface area contributed by atoms with E-state index in [0.29, 0.717) is 6.54 Å². The molecule has 0 bridgehead atoms. The molecule has 0 saturated carbocycles. The zero-order valence-electron chi connectivity index (χ0n) is 16.1. The summed E-state index contributed by atoms with van der Waals surface area (Å²) in [6.07, 6.45) is 0.968. The molecule has 2 aromatic carbocycles. The molecule has 8 heteroatoms. The van der Waals surface area contributed by atoms with Crippen LogP contribution in [0.25, 0.3) is 0 Å². The molecule has 1 amide bonds. The van der Waals surface area contributed by atoms with Crippen molar-refractivity contribution < 1.29 is 9.72 Å².